The first-order valence-electron chi connectivity index (χ1n) is 8.09. The maximum Gasteiger partial charge on any atom is 0.197 e. The highest BCUT2D eigenvalue weighted by Crippen LogP contribution is 2.31. The molecule has 1 aromatic heterocycles. The van der Waals surface area contributed by atoms with Crippen LogP contribution in [0.25, 0.3) is 5.57 Å². The van der Waals surface area contributed by atoms with Crippen molar-refractivity contribution in [1.82, 2.24) is 4.98 Å². The SMILES string of the molecule is [CH2]C1=C(CCc2cccc(OC)c2)C=C(c2ccccn2)C(F)C1=O. The van der Waals surface area contributed by atoms with Gasteiger partial charge in [-0.2, -0.15) is 0 Å². The predicted octanol–water partition coefficient (Wildman–Crippen LogP) is 4.16. The molecule has 1 aliphatic carbocycles. The van der Waals surface area contributed by atoms with Crippen molar-refractivity contribution in [1.29, 1.82) is 0 Å². The normalized spacial score (nSPS) is 17.5. The van der Waals surface area contributed by atoms with E-state index in [0.29, 0.717) is 24.1 Å². The molecule has 1 aromatic carbocycles. The second kappa shape index (κ2) is 7.43. The Bertz CT molecular complexity index is 840. The van der Waals surface area contributed by atoms with Gasteiger partial charge in [-0.15, -0.1) is 0 Å². The van der Waals surface area contributed by atoms with E-state index in [-0.39, 0.29) is 5.57 Å². The fourth-order valence-electron chi connectivity index (χ4n) is 2.87. The first-order chi connectivity index (χ1) is 12.1. The Hall–Kier alpha value is -2.75. The van der Waals surface area contributed by atoms with Gasteiger partial charge in [0.1, 0.15) is 5.75 Å². The Labute approximate surface area is 146 Å². The number of halogens is 1. The molecule has 3 nitrogen and oxygen atoms in total. The Morgan fingerprint density at radius 1 is 1.20 bits per heavy atom. The van der Waals surface area contributed by atoms with Crippen LogP contribution in [-0.2, 0) is 11.2 Å². The standard InChI is InChI=1S/C21H19FNO2/c1-14-16(10-9-15-6-5-7-17(12-15)25-2)13-18(20(22)21(14)24)19-8-3-4-11-23-19/h3-8,11-13,20H,1,9-10H2,2H3. The first kappa shape index (κ1) is 17.1. The molecule has 1 heterocycles. The molecule has 0 spiro atoms. The van der Waals surface area contributed by atoms with E-state index in [0.717, 1.165) is 16.9 Å². The molecule has 4 heteroatoms. The third-order valence-corrected chi connectivity index (χ3v) is 4.30. The molecule has 0 N–H and O–H groups in total. The minimum atomic E-state index is -1.71. The van der Waals surface area contributed by atoms with Crippen molar-refractivity contribution in [3.05, 3.63) is 84.1 Å². The molecule has 0 saturated heterocycles. The van der Waals surface area contributed by atoms with Crippen LogP contribution in [0.4, 0.5) is 4.39 Å². The fourth-order valence-corrected chi connectivity index (χ4v) is 2.87. The van der Waals surface area contributed by atoms with E-state index in [1.54, 1.807) is 37.6 Å². The maximum atomic E-state index is 14.5. The summed E-state index contributed by atoms with van der Waals surface area (Å²) >= 11 is 0. The molecule has 0 bridgehead atoms. The van der Waals surface area contributed by atoms with Gasteiger partial charge in [0.25, 0.3) is 0 Å². The zero-order valence-corrected chi connectivity index (χ0v) is 14.0. The van der Waals surface area contributed by atoms with Crippen molar-refractivity contribution in [2.24, 2.45) is 0 Å². The number of alkyl halides is 1. The van der Waals surface area contributed by atoms with E-state index in [1.165, 1.54) is 0 Å². The maximum absolute atomic E-state index is 14.5. The molecule has 127 valence electrons. The van der Waals surface area contributed by atoms with Crippen LogP contribution >= 0.6 is 0 Å². The van der Waals surface area contributed by atoms with Crippen molar-refractivity contribution < 1.29 is 13.9 Å². The van der Waals surface area contributed by atoms with E-state index < -0.39 is 12.0 Å². The highest BCUT2D eigenvalue weighted by molar-refractivity contribution is 6.10. The van der Waals surface area contributed by atoms with Crippen molar-refractivity contribution in [3.63, 3.8) is 0 Å². The van der Waals surface area contributed by atoms with Gasteiger partial charge in [-0.25, -0.2) is 4.39 Å². The van der Waals surface area contributed by atoms with E-state index in [2.05, 4.69) is 11.9 Å². The lowest BCUT2D eigenvalue weighted by Crippen LogP contribution is -2.23. The number of methoxy groups -OCH3 is 1. The lowest BCUT2D eigenvalue weighted by atomic mass is 9.86. The fraction of sp³-hybridized carbons (Fsp3) is 0.190. The predicted molar refractivity (Wildman–Crippen MR) is 95.8 cm³/mol. The summed E-state index contributed by atoms with van der Waals surface area (Å²) in [6.45, 7) is 3.78. The smallest absolute Gasteiger partial charge is 0.197 e. The van der Waals surface area contributed by atoms with Gasteiger partial charge in [0, 0.05) is 17.3 Å². The van der Waals surface area contributed by atoms with Gasteiger partial charge in [0.2, 0.25) is 0 Å². The summed E-state index contributed by atoms with van der Waals surface area (Å²) in [5.74, 6) is 0.207. The summed E-state index contributed by atoms with van der Waals surface area (Å²) in [6, 6.07) is 13.0. The van der Waals surface area contributed by atoms with Crippen LogP contribution in [0.1, 0.15) is 17.7 Å². The zero-order valence-electron chi connectivity index (χ0n) is 14.0. The highest BCUT2D eigenvalue weighted by atomic mass is 19.1. The zero-order chi connectivity index (χ0) is 17.8. The number of carbonyl (C=O) groups excluding carboxylic acids is 1. The summed E-state index contributed by atoms with van der Waals surface area (Å²) in [7, 11) is 1.62. The number of Topliss-reactive ketones (excluding diaryl/α,β-unsaturated/α-hetero) is 1. The summed E-state index contributed by atoms with van der Waals surface area (Å²) in [5.41, 5.74) is 2.87. The van der Waals surface area contributed by atoms with Crippen molar-refractivity contribution in [2.75, 3.05) is 7.11 Å². The molecule has 1 unspecified atom stereocenters. The lowest BCUT2D eigenvalue weighted by Gasteiger charge is -2.20. The molecule has 1 radical (unpaired) electrons. The number of hydrogen-bond donors (Lipinski definition) is 0. The summed E-state index contributed by atoms with van der Waals surface area (Å²) < 4.78 is 19.7. The molecule has 25 heavy (non-hydrogen) atoms. The van der Waals surface area contributed by atoms with Crippen molar-refractivity contribution >= 4 is 11.4 Å². The minimum absolute atomic E-state index is 0.245. The molecule has 2 aromatic rings. The van der Waals surface area contributed by atoms with Gasteiger partial charge < -0.3 is 4.74 Å². The van der Waals surface area contributed by atoms with Gasteiger partial charge in [0.15, 0.2) is 12.0 Å². The van der Waals surface area contributed by atoms with E-state index in [4.69, 9.17) is 4.74 Å². The van der Waals surface area contributed by atoms with Crippen LogP contribution in [0.15, 0.2) is 65.9 Å². The number of rotatable bonds is 5. The topological polar surface area (TPSA) is 39.2 Å². The number of carbonyl (C=O) groups is 1. The van der Waals surface area contributed by atoms with Gasteiger partial charge in [-0.3, -0.25) is 9.78 Å². The number of aryl methyl sites for hydroxylation is 1. The molecule has 0 amide bonds. The molecular formula is C21H19FNO2. The van der Waals surface area contributed by atoms with Gasteiger partial charge in [-0.1, -0.05) is 18.2 Å². The number of pyridine rings is 1. The molecule has 1 atom stereocenters. The summed E-state index contributed by atoms with van der Waals surface area (Å²) in [4.78, 5) is 16.4. The Morgan fingerprint density at radius 2 is 2.04 bits per heavy atom. The van der Waals surface area contributed by atoms with E-state index in [9.17, 15) is 9.18 Å². The Morgan fingerprint density at radius 3 is 2.76 bits per heavy atom. The second-order valence-electron chi connectivity index (χ2n) is 5.90. The highest BCUT2D eigenvalue weighted by Gasteiger charge is 2.30. The number of allylic oxidation sites excluding steroid dienone is 4. The number of nitrogens with zero attached hydrogens (tertiary/aromatic N) is 1. The molecule has 0 aliphatic heterocycles. The van der Waals surface area contributed by atoms with Crippen LogP contribution in [0.2, 0.25) is 0 Å². The van der Waals surface area contributed by atoms with E-state index in [1.807, 2.05) is 24.3 Å². The average Bonchev–Trinajstić information content (AvgIpc) is 2.66. The number of benzene rings is 1. The minimum Gasteiger partial charge on any atom is -0.497 e. The van der Waals surface area contributed by atoms with Crippen molar-refractivity contribution in [3.8, 4) is 5.75 Å². The van der Waals surface area contributed by atoms with Crippen LogP contribution < -0.4 is 4.74 Å². The molecule has 3 rings (SSSR count). The third-order valence-electron chi connectivity index (χ3n) is 4.30. The van der Waals surface area contributed by atoms with Gasteiger partial charge in [0.05, 0.1) is 12.8 Å². The number of ketones is 1. The van der Waals surface area contributed by atoms with Crippen LogP contribution in [0.3, 0.4) is 0 Å². The largest absolute Gasteiger partial charge is 0.497 e. The third kappa shape index (κ3) is 3.68. The Balaban J connectivity index is 1.86. The van der Waals surface area contributed by atoms with Crippen LogP contribution in [0, 0.1) is 6.92 Å². The molecule has 0 fully saturated rings. The monoisotopic (exact) mass is 336 g/mol. The average molecular weight is 336 g/mol. The first-order valence-corrected chi connectivity index (χ1v) is 8.09. The number of aromatic nitrogens is 1. The second-order valence-corrected chi connectivity index (χ2v) is 5.90. The quantitative estimate of drug-likeness (QED) is 0.823. The van der Waals surface area contributed by atoms with Crippen molar-refractivity contribution in [2.45, 2.75) is 19.0 Å². The van der Waals surface area contributed by atoms with Gasteiger partial charge >= 0.3 is 0 Å². The van der Waals surface area contributed by atoms with Crippen LogP contribution in [-0.4, -0.2) is 24.0 Å². The number of ether oxygens (including phenoxy) is 1. The van der Waals surface area contributed by atoms with E-state index >= 15 is 0 Å². The molecule has 0 saturated carbocycles. The lowest BCUT2D eigenvalue weighted by molar-refractivity contribution is -0.118. The van der Waals surface area contributed by atoms with Crippen LogP contribution in [0.5, 0.6) is 5.75 Å². The van der Waals surface area contributed by atoms with Gasteiger partial charge in [-0.05, 0) is 61.2 Å². The number of hydrogen-bond acceptors (Lipinski definition) is 3. The Kier molecular flexibility index (Phi) is 5.08. The molecular weight excluding hydrogens is 317 g/mol. The molecule has 1 aliphatic rings. The summed E-state index contributed by atoms with van der Waals surface area (Å²) in [6.07, 6.45) is 2.91. The summed E-state index contributed by atoms with van der Waals surface area (Å²) in [5, 5.41) is 0.